The fourth-order valence-corrected chi connectivity index (χ4v) is 1.90. The predicted octanol–water partition coefficient (Wildman–Crippen LogP) is 1.87. The molecule has 0 aliphatic rings. The average molecular weight is 248 g/mol. The number of hydrogen-bond donors (Lipinski definition) is 0. The summed E-state index contributed by atoms with van der Waals surface area (Å²) in [6.45, 7) is 4.28. The molecule has 0 aromatic heterocycles. The lowest BCUT2D eigenvalue weighted by Gasteiger charge is -2.10. The first-order chi connectivity index (χ1) is 7.61. The van der Waals surface area contributed by atoms with Crippen LogP contribution in [-0.4, -0.2) is 37.2 Å². The van der Waals surface area contributed by atoms with Gasteiger partial charge in [-0.15, -0.1) is 0 Å². The zero-order valence-electron chi connectivity index (χ0n) is 10.2. The highest BCUT2D eigenvalue weighted by molar-refractivity contribution is 7.99. The van der Waals surface area contributed by atoms with Gasteiger partial charge in [-0.2, -0.15) is 11.8 Å². The zero-order chi connectivity index (χ0) is 12.4. The third-order valence-electron chi connectivity index (χ3n) is 1.90. The van der Waals surface area contributed by atoms with Crippen LogP contribution in [0.4, 0.5) is 0 Å². The van der Waals surface area contributed by atoms with Crippen molar-refractivity contribution in [2.24, 2.45) is 5.92 Å². The van der Waals surface area contributed by atoms with Crippen molar-refractivity contribution >= 4 is 23.7 Å². The van der Waals surface area contributed by atoms with Crippen LogP contribution in [0.5, 0.6) is 0 Å². The topological polar surface area (TPSA) is 52.6 Å². The van der Waals surface area contributed by atoms with E-state index in [1.54, 1.807) is 11.8 Å². The van der Waals surface area contributed by atoms with Gasteiger partial charge in [-0.25, -0.2) is 0 Å². The Labute approximate surface area is 101 Å². The first-order valence-corrected chi connectivity index (χ1v) is 6.58. The van der Waals surface area contributed by atoms with Gasteiger partial charge >= 0.3 is 11.9 Å². The van der Waals surface area contributed by atoms with Crippen molar-refractivity contribution in [1.29, 1.82) is 0 Å². The van der Waals surface area contributed by atoms with Crippen LogP contribution >= 0.6 is 11.8 Å². The highest BCUT2D eigenvalue weighted by Crippen LogP contribution is 2.11. The second-order valence-corrected chi connectivity index (χ2v) is 4.62. The van der Waals surface area contributed by atoms with Crippen molar-refractivity contribution in [3.8, 4) is 0 Å². The highest BCUT2D eigenvalue weighted by Gasteiger charge is 2.14. The van der Waals surface area contributed by atoms with Gasteiger partial charge in [-0.05, 0) is 6.42 Å². The van der Waals surface area contributed by atoms with Crippen molar-refractivity contribution in [1.82, 2.24) is 0 Å². The monoisotopic (exact) mass is 248 g/mol. The lowest BCUT2D eigenvalue weighted by Crippen LogP contribution is -2.17. The molecule has 16 heavy (non-hydrogen) atoms. The van der Waals surface area contributed by atoms with Gasteiger partial charge in [0.1, 0.15) is 0 Å². The summed E-state index contributed by atoms with van der Waals surface area (Å²) < 4.78 is 9.52. The molecule has 0 spiro atoms. The maximum absolute atomic E-state index is 11.4. The van der Waals surface area contributed by atoms with Gasteiger partial charge in [-0.3, -0.25) is 9.59 Å². The quantitative estimate of drug-likeness (QED) is 0.485. The van der Waals surface area contributed by atoms with Crippen LogP contribution in [0.3, 0.4) is 0 Å². The van der Waals surface area contributed by atoms with Crippen LogP contribution in [0.2, 0.25) is 0 Å². The Morgan fingerprint density at radius 1 is 1.38 bits per heavy atom. The van der Waals surface area contributed by atoms with E-state index >= 15 is 0 Å². The minimum absolute atomic E-state index is 0.116. The number of methoxy groups -OCH3 is 1. The molecule has 0 N–H and O–H groups in total. The molecule has 0 aromatic carbocycles. The summed E-state index contributed by atoms with van der Waals surface area (Å²) in [5, 5.41) is 0. The van der Waals surface area contributed by atoms with E-state index in [1.165, 1.54) is 7.11 Å². The number of carbonyl (C=O) groups is 2. The second-order valence-electron chi connectivity index (χ2n) is 3.47. The van der Waals surface area contributed by atoms with Crippen LogP contribution in [0, 0.1) is 5.92 Å². The maximum Gasteiger partial charge on any atom is 0.309 e. The molecule has 94 valence electrons. The average Bonchev–Trinajstić information content (AvgIpc) is 2.30. The molecule has 0 rings (SSSR count). The van der Waals surface area contributed by atoms with E-state index in [0.29, 0.717) is 24.5 Å². The summed E-state index contributed by atoms with van der Waals surface area (Å²) in [5.74, 6) is 0.868. The summed E-state index contributed by atoms with van der Waals surface area (Å²) in [4.78, 5) is 22.2. The molecule has 0 amide bonds. The second kappa shape index (κ2) is 9.51. The Kier molecular flexibility index (Phi) is 9.09. The SMILES string of the molecule is CCCOC(=O)C(C)CSCCC(=O)OC. The highest BCUT2D eigenvalue weighted by atomic mass is 32.2. The predicted molar refractivity (Wildman–Crippen MR) is 64.4 cm³/mol. The fourth-order valence-electron chi connectivity index (χ4n) is 0.931. The first kappa shape index (κ1) is 15.3. The Morgan fingerprint density at radius 3 is 2.62 bits per heavy atom. The van der Waals surface area contributed by atoms with Gasteiger partial charge in [0, 0.05) is 11.5 Å². The van der Waals surface area contributed by atoms with E-state index in [1.807, 2.05) is 13.8 Å². The van der Waals surface area contributed by atoms with E-state index in [4.69, 9.17) is 4.74 Å². The van der Waals surface area contributed by atoms with Gasteiger partial charge in [0.05, 0.1) is 26.1 Å². The third-order valence-corrected chi connectivity index (χ3v) is 3.13. The summed E-state index contributed by atoms with van der Waals surface area (Å²) >= 11 is 1.57. The van der Waals surface area contributed by atoms with Gasteiger partial charge in [-0.1, -0.05) is 13.8 Å². The molecule has 1 unspecified atom stereocenters. The van der Waals surface area contributed by atoms with Crippen molar-refractivity contribution < 1.29 is 19.1 Å². The minimum Gasteiger partial charge on any atom is -0.469 e. The van der Waals surface area contributed by atoms with E-state index in [0.717, 1.165) is 6.42 Å². The number of esters is 2. The number of thioether (sulfide) groups is 1. The summed E-state index contributed by atoms with van der Waals surface area (Å²) in [7, 11) is 1.37. The fraction of sp³-hybridized carbons (Fsp3) is 0.818. The molecular formula is C11H20O4S. The van der Waals surface area contributed by atoms with E-state index in [9.17, 15) is 9.59 Å². The molecule has 0 radical (unpaired) electrons. The molecule has 1 atom stereocenters. The van der Waals surface area contributed by atoms with Crippen LogP contribution in [0.15, 0.2) is 0 Å². The van der Waals surface area contributed by atoms with E-state index in [2.05, 4.69) is 4.74 Å². The van der Waals surface area contributed by atoms with Crippen LogP contribution in [-0.2, 0) is 19.1 Å². The van der Waals surface area contributed by atoms with E-state index in [-0.39, 0.29) is 17.9 Å². The van der Waals surface area contributed by atoms with Crippen molar-refractivity contribution in [2.45, 2.75) is 26.7 Å². The molecule has 0 bridgehead atoms. The molecule has 0 aliphatic heterocycles. The Bertz CT molecular complexity index is 218. The van der Waals surface area contributed by atoms with Crippen LogP contribution < -0.4 is 0 Å². The molecule has 5 heteroatoms. The van der Waals surface area contributed by atoms with Crippen molar-refractivity contribution in [2.75, 3.05) is 25.2 Å². The molecular weight excluding hydrogens is 228 g/mol. The van der Waals surface area contributed by atoms with Gasteiger partial charge < -0.3 is 9.47 Å². The van der Waals surface area contributed by atoms with Crippen molar-refractivity contribution in [3.05, 3.63) is 0 Å². The Balaban J connectivity index is 3.52. The molecule has 0 saturated heterocycles. The Morgan fingerprint density at radius 2 is 2.06 bits per heavy atom. The summed E-state index contributed by atoms with van der Waals surface area (Å²) in [6.07, 6.45) is 1.23. The maximum atomic E-state index is 11.4. The van der Waals surface area contributed by atoms with Crippen LogP contribution in [0.1, 0.15) is 26.7 Å². The molecule has 4 nitrogen and oxygen atoms in total. The normalized spacial score (nSPS) is 11.9. The van der Waals surface area contributed by atoms with Crippen molar-refractivity contribution in [3.63, 3.8) is 0 Å². The summed E-state index contributed by atoms with van der Waals surface area (Å²) in [5.41, 5.74) is 0. The molecule has 0 aromatic rings. The Hall–Kier alpha value is -0.710. The van der Waals surface area contributed by atoms with Gasteiger partial charge in [0.2, 0.25) is 0 Å². The van der Waals surface area contributed by atoms with Gasteiger partial charge in [0.15, 0.2) is 0 Å². The zero-order valence-corrected chi connectivity index (χ0v) is 11.0. The lowest BCUT2D eigenvalue weighted by atomic mass is 10.2. The van der Waals surface area contributed by atoms with Crippen LogP contribution in [0.25, 0.3) is 0 Å². The van der Waals surface area contributed by atoms with E-state index < -0.39 is 0 Å². The molecule has 0 saturated carbocycles. The number of hydrogen-bond acceptors (Lipinski definition) is 5. The lowest BCUT2D eigenvalue weighted by molar-refractivity contribution is -0.147. The largest absolute Gasteiger partial charge is 0.469 e. The molecule has 0 fully saturated rings. The first-order valence-electron chi connectivity index (χ1n) is 5.43. The standard InChI is InChI=1S/C11H20O4S/c1-4-6-15-11(13)9(2)8-16-7-5-10(12)14-3/h9H,4-8H2,1-3H3. The molecule has 0 aliphatic carbocycles. The minimum atomic E-state index is -0.214. The number of carbonyl (C=O) groups excluding carboxylic acids is 2. The number of rotatable bonds is 8. The smallest absolute Gasteiger partial charge is 0.309 e. The molecule has 0 heterocycles. The number of ether oxygens (including phenoxy) is 2. The third kappa shape index (κ3) is 7.56. The van der Waals surface area contributed by atoms with Gasteiger partial charge in [0.25, 0.3) is 0 Å². The summed E-state index contributed by atoms with van der Waals surface area (Å²) in [6, 6.07) is 0.